The molecule has 3 rings (SSSR count). The highest BCUT2D eigenvalue weighted by Gasteiger charge is 2.38. The Hall–Kier alpha value is -1.64. The van der Waals surface area contributed by atoms with Gasteiger partial charge in [-0.3, -0.25) is 4.79 Å². The van der Waals surface area contributed by atoms with Crippen LogP contribution in [-0.2, 0) is 11.2 Å². The summed E-state index contributed by atoms with van der Waals surface area (Å²) in [6.45, 7) is 0. The van der Waals surface area contributed by atoms with E-state index in [9.17, 15) is 4.79 Å². The maximum absolute atomic E-state index is 11.7. The molecule has 1 aromatic carbocycles. The minimum atomic E-state index is -0.0365. The molecule has 3 atom stereocenters. The summed E-state index contributed by atoms with van der Waals surface area (Å²) < 4.78 is 0. The summed E-state index contributed by atoms with van der Waals surface area (Å²) in [5, 5.41) is 4.14. The van der Waals surface area contributed by atoms with Gasteiger partial charge in [0.05, 0.1) is 6.42 Å². The van der Waals surface area contributed by atoms with Gasteiger partial charge < -0.3 is 0 Å². The molecule has 3 nitrogen and oxygen atoms in total. The van der Waals surface area contributed by atoms with Crippen LogP contribution in [0.15, 0.2) is 35.4 Å². The number of hydrogen-bond acceptors (Lipinski definition) is 2. The Labute approximate surface area is 114 Å². The third-order valence-electron chi connectivity index (χ3n) is 4.46. The lowest BCUT2D eigenvalue weighted by Crippen LogP contribution is -2.21. The summed E-state index contributed by atoms with van der Waals surface area (Å²) in [5.41, 5.74) is 3.67. The van der Waals surface area contributed by atoms with Crippen molar-refractivity contribution in [1.82, 2.24) is 5.43 Å². The fraction of sp³-hybridized carbons (Fsp3) is 0.500. The van der Waals surface area contributed by atoms with E-state index in [0.29, 0.717) is 12.3 Å². The van der Waals surface area contributed by atoms with Gasteiger partial charge in [-0.15, -0.1) is 0 Å². The fourth-order valence-corrected chi connectivity index (χ4v) is 3.50. The molecule has 2 fully saturated rings. The lowest BCUT2D eigenvalue weighted by atomic mass is 9.90. The molecule has 0 spiro atoms. The minimum absolute atomic E-state index is 0.0365. The Morgan fingerprint density at radius 1 is 1.26 bits per heavy atom. The van der Waals surface area contributed by atoms with Crippen LogP contribution in [0.2, 0.25) is 0 Å². The normalized spacial score (nSPS) is 28.9. The molecular formula is C16H20N2O. The molecule has 19 heavy (non-hydrogen) atoms. The van der Waals surface area contributed by atoms with E-state index in [0.717, 1.165) is 17.4 Å². The van der Waals surface area contributed by atoms with Crippen LogP contribution in [0.1, 0.15) is 31.2 Å². The van der Waals surface area contributed by atoms with Crippen molar-refractivity contribution >= 4 is 12.1 Å². The maximum Gasteiger partial charge on any atom is 0.244 e. The average molecular weight is 256 g/mol. The van der Waals surface area contributed by atoms with Crippen molar-refractivity contribution in [3.8, 4) is 0 Å². The lowest BCUT2D eigenvalue weighted by molar-refractivity contribution is -0.120. The van der Waals surface area contributed by atoms with Crippen LogP contribution >= 0.6 is 0 Å². The number of amides is 1. The van der Waals surface area contributed by atoms with Crippen molar-refractivity contribution in [2.24, 2.45) is 22.9 Å². The first-order valence-electron chi connectivity index (χ1n) is 7.17. The predicted octanol–water partition coefficient (Wildman–Crippen LogP) is 2.77. The van der Waals surface area contributed by atoms with Crippen LogP contribution in [-0.4, -0.2) is 12.1 Å². The molecule has 2 aliphatic carbocycles. The Kier molecular flexibility index (Phi) is 3.62. The standard InChI is InChI=1S/C16H20N2O/c19-16(10-12-4-2-1-3-5-12)18-17-11-15-9-13-6-7-14(15)8-13/h1-5,11,13-15H,6-10H2,(H,18,19)/b17-11-/t13-,14+,15+/m0/s1. The van der Waals surface area contributed by atoms with Gasteiger partial charge in [0.25, 0.3) is 0 Å². The second-order valence-corrected chi connectivity index (χ2v) is 5.81. The fourth-order valence-electron chi connectivity index (χ4n) is 3.50. The third kappa shape index (κ3) is 3.03. The molecule has 0 radical (unpaired) electrons. The molecule has 2 saturated carbocycles. The lowest BCUT2D eigenvalue weighted by Gasteiger charge is -2.16. The van der Waals surface area contributed by atoms with Gasteiger partial charge >= 0.3 is 0 Å². The molecule has 0 aromatic heterocycles. The van der Waals surface area contributed by atoms with Crippen molar-refractivity contribution in [3.63, 3.8) is 0 Å². The number of nitrogens with one attached hydrogen (secondary N) is 1. The highest BCUT2D eigenvalue weighted by molar-refractivity contribution is 5.79. The maximum atomic E-state index is 11.7. The van der Waals surface area contributed by atoms with Crippen LogP contribution in [0.5, 0.6) is 0 Å². The predicted molar refractivity (Wildman–Crippen MR) is 75.7 cm³/mol. The van der Waals surface area contributed by atoms with Gasteiger partial charge in [-0.2, -0.15) is 5.10 Å². The molecule has 0 saturated heterocycles. The van der Waals surface area contributed by atoms with Gasteiger partial charge in [0.15, 0.2) is 0 Å². The zero-order chi connectivity index (χ0) is 13.1. The van der Waals surface area contributed by atoms with Crippen molar-refractivity contribution in [3.05, 3.63) is 35.9 Å². The van der Waals surface area contributed by atoms with Gasteiger partial charge in [-0.1, -0.05) is 36.8 Å². The second kappa shape index (κ2) is 5.55. The Bertz CT molecular complexity index is 469. The molecule has 0 unspecified atom stereocenters. The van der Waals surface area contributed by atoms with E-state index in [1.165, 1.54) is 25.7 Å². The number of nitrogens with zero attached hydrogens (tertiary/aromatic N) is 1. The molecular weight excluding hydrogens is 236 g/mol. The quantitative estimate of drug-likeness (QED) is 0.653. The van der Waals surface area contributed by atoms with Gasteiger partial charge in [-0.05, 0) is 42.6 Å². The van der Waals surface area contributed by atoms with E-state index in [-0.39, 0.29) is 5.91 Å². The van der Waals surface area contributed by atoms with Crippen LogP contribution in [0, 0.1) is 17.8 Å². The van der Waals surface area contributed by atoms with Crippen molar-refractivity contribution < 1.29 is 4.79 Å². The SMILES string of the molecule is O=C(Cc1ccccc1)N/N=C\[C@H]1C[C@H]2CC[C@@H]1C2. The minimum Gasteiger partial charge on any atom is -0.273 e. The highest BCUT2D eigenvalue weighted by Crippen LogP contribution is 2.47. The van der Waals surface area contributed by atoms with Gasteiger partial charge in [-0.25, -0.2) is 5.43 Å². The van der Waals surface area contributed by atoms with Gasteiger partial charge in [0.2, 0.25) is 5.91 Å². The summed E-state index contributed by atoms with van der Waals surface area (Å²) in [6.07, 6.45) is 7.74. The number of hydrogen-bond donors (Lipinski definition) is 1. The molecule has 2 bridgehead atoms. The highest BCUT2D eigenvalue weighted by atomic mass is 16.2. The first kappa shape index (κ1) is 12.4. The van der Waals surface area contributed by atoms with Crippen LogP contribution < -0.4 is 5.43 Å². The summed E-state index contributed by atoms with van der Waals surface area (Å²) in [4.78, 5) is 11.7. The molecule has 0 aliphatic heterocycles. The number of fused-ring (bicyclic) bond motifs is 2. The van der Waals surface area contributed by atoms with E-state index in [1.807, 2.05) is 36.5 Å². The zero-order valence-corrected chi connectivity index (χ0v) is 11.1. The van der Waals surface area contributed by atoms with Crippen LogP contribution in [0.4, 0.5) is 0 Å². The van der Waals surface area contributed by atoms with E-state index in [1.54, 1.807) is 0 Å². The van der Waals surface area contributed by atoms with Gasteiger partial charge in [0.1, 0.15) is 0 Å². The Morgan fingerprint density at radius 3 is 2.79 bits per heavy atom. The number of carbonyl (C=O) groups excluding carboxylic acids is 1. The molecule has 100 valence electrons. The van der Waals surface area contributed by atoms with Crippen molar-refractivity contribution in [2.45, 2.75) is 32.1 Å². The van der Waals surface area contributed by atoms with E-state index in [2.05, 4.69) is 10.5 Å². The first-order valence-corrected chi connectivity index (χ1v) is 7.17. The van der Waals surface area contributed by atoms with E-state index in [4.69, 9.17) is 0 Å². The van der Waals surface area contributed by atoms with Gasteiger partial charge in [0, 0.05) is 6.21 Å². The smallest absolute Gasteiger partial charge is 0.244 e. The first-order chi connectivity index (χ1) is 9.31. The topological polar surface area (TPSA) is 41.5 Å². The number of hydrazone groups is 1. The second-order valence-electron chi connectivity index (χ2n) is 5.81. The molecule has 3 heteroatoms. The van der Waals surface area contributed by atoms with E-state index >= 15 is 0 Å². The third-order valence-corrected chi connectivity index (χ3v) is 4.46. The summed E-state index contributed by atoms with van der Waals surface area (Å²) in [7, 11) is 0. The summed E-state index contributed by atoms with van der Waals surface area (Å²) >= 11 is 0. The summed E-state index contributed by atoms with van der Waals surface area (Å²) in [5.74, 6) is 2.29. The number of benzene rings is 1. The zero-order valence-electron chi connectivity index (χ0n) is 11.1. The van der Waals surface area contributed by atoms with Crippen LogP contribution in [0.25, 0.3) is 0 Å². The van der Waals surface area contributed by atoms with Crippen molar-refractivity contribution in [1.29, 1.82) is 0 Å². The Balaban J connectivity index is 1.46. The largest absolute Gasteiger partial charge is 0.273 e. The molecule has 1 N–H and O–H groups in total. The molecule has 2 aliphatic rings. The molecule has 1 aromatic rings. The average Bonchev–Trinajstić information content (AvgIpc) is 3.02. The monoisotopic (exact) mass is 256 g/mol. The Morgan fingerprint density at radius 2 is 2.11 bits per heavy atom. The molecule has 1 amide bonds. The number of carbonyl (C=O) groups is 1. The number of rotatable bonds is 4. The van der Waals surface area contributed by atoms with E-state index < -0.39 is 0 Å². The molecule has 0 heterocycles. The van der Waals surface area contributed by atoms with Crippen LogP contribution in [0.3, 0.4) is 0 Å². The summed E-state index contributed by atoms with van der Waals surface area (Å²) in [6, 6.07) is 9.76. The van der Waals surface area contributed by atoms with Crippen molar-refractivity contribution in [2.75, 3.05) is 0 Å².